The first-order valence-electron chi connectivity index (χ1n) is 14.4. The molecule has 1 aromatic carbocycles. The van der Waals surface area contributed by atoms with Gasteiger partial charge < -0.3 is 20.6 Å². The van der Waals surface area contributed by atoms with Gasteiger partial charge in [-0.05, 0) is 57.6 Å². The second kappa shape index (κ2) is 15.2. The van der Waals surface area contributed by atoms with E-state index in [1.165, 1.54) is 0 Å². The lowest BCUT2D eigenvalue weighted by molar-refractivity contribution is -0.140. The van der Waals surface area contributed by atoms with E-state index in [-0.39, 0.29) is 54.3 Å². The molecule has 39 heavy (non-hydrogen) atoms. The highest BCUT2D eigenvalue weighted by Crippen LogP contribution is 2.22. The first-order valence-corrected chi connectivity index (χ1v) is 14.4. The molecule has 0 aliphatic carbocycles. The average molecular weight is 543 g/mol. The van der Waals surface area contributed by atoms with Crippen molar-refractivity contribution >= 4 is 17.7 Å². The normalized spacial score (nSPS) is 19.1. The molecule has 218 valence electrons. The number of amides is 3. The number of likely N-dealkylation sites (N-methyl/N-ethyl adjacent to an activating group) is 1. The molecule has 2 rings (SSSR count). The zero-order chi connectivity index (χ0) is 29.3. The summed E-state index contributed by atoms with van der Waals surface area (Å²) >= 11 is 0. The summed E-state index contributed by atoms with van der Waals surface area (Å²) < 4.78 is 0. The standard InChI is InChI=1S/C31H50N4O4/c1-20(2)27(18-23(7)29(37)32-25(19-36)24-14-10-9-11-15-24)34(8)31(39)28(21(3)4)33-30(38)26-16-12-13-17-35(26)22(5)6/h9-11,14-15,18,20-22,25-28,36H,12-13,16-17,19H2,1-8H3,(H,32,37)(H,33,38)/b23-18+/t25-,26+,27+,28-/m0/s1. The molecular formula is C31H50N4O4. The van der Waals surface area contributed by atoms with Crippen LogP contribution in [0.15, 0.2) is 42.0 Å². The molecule has 1 aliphatic rings. The van der Waals surface area contributed by atoms with E-state index in [2.05, 4.69) is 29.4 Å². The summed E-state index contributed by atoms with van der Waals surface area (Å²) in [5.74, 6) is -0.637. The van der Waals surface area contributed by atoms with Gasteiger partial charge >= 0.3 is 0 Å². The molecule has 0 bridgehead atoms. The van der Waals surface area contributed by atoms with E-state index in [4.69, 9.17) is 0 Å². The molecule has 0 unspecified atom stereocenters. The van der Waals surface area contributed by atoms with Gasteiger partial charge in [-0.15, -0.1) is 0 Å². The minimum absolute atomic E-state index is 0.0303. The molecule has 1 saturated heterocycles. The van der Waals surface area contributed by atoms with Gasteiger partial charge in [-0.1, -0.05) is 70.5 Å². The van der Waals surface area contributed by atoms with Crippen molar-refractivity contribution in [3.63, 3.8) is 0 Å². The largest absolute Gasteiger partial charge is 0.394 e. The number of nitrogens with zero attached hydrogens (tertiary/aromatic N) is 2. The molecule has 1 aromatic rings. The van der Waals surface area contributed by atoms with Crippen molar-refractivity contribution in [3.8, 4) is 0 Å². The molecule has 0 aromatic heterocycles. The van der Waals surface area contributed by atoms with Crippen molar-refractivity contribution in [3.05, 3.63) is 47.5 Å². The number of rotatable bonds is 12. The third-order valence-electron chi connectivity index (χ3n) is 7.69. The zero-order valence-electron chi connectivity index (χ0n) is 25.1. The third-order valence-corrected chi connectivity index (χ3v) is 7.69. The van der Waals surface area contributed by atoms with Crippen LogP contribution in [-0.4, -0.2) is 77.0 Å². The molecule has 1 heterocycles. The maximum absolute atomic E-state index is 13.8. The predicted molar refractivity (Wildman–Crippen MR) is 156 cm³/mol. The van der Waals surface area contributed by atoms with E-state index in [1.54, 1.807) is 24.9 Å². The van der Waals surface area contributed by atoms with Gasteiger partial charge in [-0.2, -0.15) is 0 Å². The van der Waals surface area contributed by atoms with E-state index in [9.17, 15) is 19.5 Å². The number of carbonyl (C=O) groups excluding carboxylic acids is 3. The molecule has 3 N–H and O–H groups in total. The van der Waals surface area contributed by atoms with Gasteiger partial charge in [0, 0.05) is 18.7 Å². The van der Waals surface area contributed by atoms with Crippen molar-refractivity contribution in [2.24, 2.45) is 11.8 Å². The molecule has 1 aliphatic heterocycles. The first-order chi connectivity index (χ1) is 18.4. The SMILES string of the molecule is C/C(=C\[C@H](C(C)C)N(C)C(=O)[C@@H](NC(=O)[C@H]1CCCCN1C(C)C)C(C)C)C(=O)N[C@@H](CO)c1ccccc1. The maximum Gasteiger partial charge on any atom is 0.247 e. The van der Waals surface area contributed by atoms with Crippen LogP contribution in [-0.2, 0) is 14.4 Å². The molecule has 0 spiro atoms. The van der Waals surface area contributed by atoms with Gasteiger partial charge in [-0.25, -0.2) is 0 Å². The Morgan fingerprint density at radius 1 is 1.03 bits per heavy atom. The highest BCUT2D eigenvalue weighted by molar-refractivity contribution is 5.93. The molecular weight excluding hydrogens is 492 g/mol. The van der Waals surface area contributed by atoms with E-state index in [1.807, 2.05) is 58.0 Å². The van der Waals surface area contributed by atoms with Crippen LogP contribution in [0.25, 0.3) is 0 Å². The van der Waals surface area contributed by atoms with Crippen molar-refractivity contribution in [2.45, 2.75) is 97.9 Å². The van der Waals surface area contributed by atoms with Crippen molar-refractivity contribution < 1.29 is 19.5 Å². The molecule has 4 atom stereocenters. The van der Waals surface area contributed by atoms with Crippen LogP contribution in [0.2, 0.25) is 0 Å². The molecule has 0 saturated carbocycles. The number of hydrogen-bond donors (Lipinski definition) is 3. The summed E-state index contributed by atoms with van der Waals surface area (Å²) in [7, 11) is 1.73. The molecule has 8 heteroatoms. The number of benzene rings is 1. The maximum atomic E-state index is 13.8. The minimum Gasteiger partial charge on any atom is -0.394 e. The van der Waals surface area contributed by atoms with Crippen LogP contribution < -0.4 is 10.6 Å². The van der Waals surface area contributed by atoms with Gasteiger partial charge in [0.1, 0.15) is 6.04 Å². The quantitative estimate of drug-likeness (QED) is 0.350. The number of hydrogen-bond acceptors (Lipinski definition) is 5. The molecule has 3 amide bonds. The Labute approximate surface area is 235 Å². The molecule has 1 fully saturated rings. The van der Waals surface area contributed by atoms with E-state index in [0.717, 1.165) is 31.4 Å². The van der Waals surface area contributed by atoms with Gasteiger partial charge in [0.25, 0.3) is 0 Å². The Morgan fingerprint density at radius 2 is 1.67 bits per heavy atom. The highest BCUT2D eigenvalue weighted by atomic mass is 16.3. The Bertz CT molecular complexity index is 976. The molecule has 0 radical (unpaired) electrons. The van der Waals surface area contributed by atoms with Crippen molar-refractivity contribution in [1.29, 1.82) is 0 Å². The lowest BCUT2D eigenvalue weighted by Gasteiger charge is -2.39. The van der Waals surface area contributed by atoms with Crippen LogP contribution in [0, 0.1) is 11.8 Å². The number of aliphatic hydroxyl groups is 1. The van der Waals surface area contributed by atoms with E-state index in [0.29, 0.717) is 5.57 Å². The van der Waals surface area contributed by atoms with Gasteiger partial charge in [-0.3, -0.25) is 19.3 Å². The summed E-state index contributed by atoms with van der Waals surface area (Å²) in [5, 5.41) is 15.8. The lowest BCUT2D eigenvalue weighted by atomic mass is 9.95. The Kier molecular flexibility index (Phi) is 12.6. The topological polar surface area (TPSA) is 102 Å². The summed E-state index contributed by atoms with van der Waals surface area (Å²) in [6.45, 7) is 14.5. The number of likely N-dealkylation sites (tertiary alicyclic amines) is 1. The second-order valence-electron chi connectivity index (χ2n) is 11.7. The monoisotopic (exact) mass is 542 g/mol. The Hall–Kier alpha value is -2.71. The number of nitrogens with one attached hydrogen (secondary N) is 2. The van der Waals surface area contributed by atoms with Crippen LogP contribution >= 0.6 is 0 Å². The fourth-order valence-corrected chi connectivity index (χ4v) is 5.26. The summed E-state index contributed by atoms with van der Waals surface area (Å²) in [6, 6.07) is 7.81. The highest BCUT2D eigenvalue weighted by Gasteiger charge is 2.36. The van der Waals surface area contributed by atoms with Crippen LogP contribution in [0.1, 0.15) is 79.3 Å². The summed E-state index contributed by atoms with van der Waals surface area (Å²) in [6.07, 6.45) is 4.68. The van der Waals surface area contributed by atoms with E-state index >= 15 is 0 Å². The molecule has 8 nitrogen and oxygen atoms in total. The lowest BCUT2D eigenvalue weighted by Crippen LogP contribution is -2.58. The smallest absolute Gasteiger partial charge is 0.247 e. The minimum atomic E-state index is -0.668. The summed E-state index contributed by atoms with van der Waals surface area (Å²) in [4.78, 5) is 44.0. The zero-order valence-corrected chi connectivity index (χ0v) is 25.1. The average Bonchev–Trinajstić information content (AvgIpc) is 2.92. The van der Waals surface area contributed by atoms with Gasteiger partial charge in [0.15, 0.2) is 0 Å². The summed E-state index contributed by atoms with van der Waals surface area (Å²) in [5.41, 5.74) is 1.28. The van der Waals surface area contributed by atoms with E-state index < -0.39 is 12.1 Å². The van der Waals surface area contributed by atoms with Crippen LogP contribution in [0.4, 0.5) is 0 Å². The third kappa shape index (κ3) is 8.90. The number of carbonyl (C=O) groups is 3. The fraction of sp³-hybridized carbons (Fsp3) is 0.645. The van der Waals surface area contributed by atoms with Crippen molar-refractivity contribution in [1.82, 2.24) is 20.4 Å². The first kappa shape index (κ1) is 32.5. The Morgan fingerprint density at radius 3 is 2.21 bits per heavy atom. The fourth-order valence-electron chi connectivity index (χ4n) is 5.26. The van der Waals surface area contributed by atoms with Crippen LogP contribution in [0.5, 0.6) is 0 Å². The second-order valence-corrected chi connectivity index (χ2v) is 11.7. The number of aliphatic hydroxyl groups excluding tert-OH is 1. The van der Waals surface area contributed by atoms with Crippen molar-refractivity contribution in [2.75, 3.05) is 20.2 Å². The van der Waals surface area contributed by atoms with Gasteiger partial charge in [0.05, 0.1) is 24.7 Å². The Balaban J connectivity index is 2.18. The van der Waals surface area contributed by atoms with Gasteiger partial charge in [0.2, 0.25) is 17.7 Å². The predicted octanol–water partition coefficient (Wildman–Crippen LogP) is 3.67. The van der Waals surface area contributed by atoms with Crippen LogP contribution in [0.3, 0.4) is 0 Å². The number of piperidine rings is 1.